The van der Waals surface area contributed by atoms with Crippen molar-refractivity contribution in [3.05, 3.63) is 35.7 Å². The van der Waals surface area contributed by atoms with Crippen molar-refractivity contribution >= 4 is 17.6 Å². The molecule has 0 amide bonds. The Bertz CT molecular complexity index is 514. The first-order chi connectivity index (χ1) is 8.69. The molecule has 1 heterocycles. The summed E-state index contributed by atoms with van der Waals surface area (Å²) in [5, 5.41) is 10.4. The van der Waals surface area contributed by atoms with Crippen LogP contribution >= 0.6 is 11.6 Å². The van der Waals surface area contributed by atoms with Crippen LogP contribution in [0.4, 0.5) is 6.01 Å². The van der Waals surface area contributed by atoms with E-state index in [0.717, 1.165) is 11.3 Å². The van der Waals surface area contributed by atoms with Gasteiger partial charge in [-0.05, 0) is 24.6 Å². The first kappa shape index (κ1) is 12.7. The Morgan fingerprint density at radius 1 is 1.44 bits per heavy atom. The molecule has 0 bridgehead atoms. The quantitative estimate of drug-likeness (QED) is 0.844. The topological polar surface area (TPSA) is 60.2 Å². The maximum Gasteiger partial charge on any atom is 0.315 e. The predicted octanol–water partition coefficient (Wildman–Crippen LogP) is 2.99. The van der Waals surface area contributed by atoms with Crippen LogP contribution in [0, 0.1) is 0 Å². The van der Waals surface area contributed by atoms with Crippen LogP contribution in [0.1, 0.15) is 23.8 Å². The van der Waals surface area contributed by atoms with E-state index >= 15 is 0 Å². The number of hydrogen-bond donors (Lipinski definition) is 1. The summed E-state index contributed by atoms with van der Waals surface area (Å²) in [4.78, 5) is 0. The van der Waals surface area contributed by atoms with Crippen molar-refractivity contribution in [1.82, 2.24) is 10.2 Å². The summed E-state index contributed by atoms with van der Waals surface area (Å²) < 4.78 is 10.5. The van der Waals surface area contributed by atoms with Crippen molar-refractivity contribution in [2.45, 2.75) is 18.8 Å². The van der Waals surface area contributed by atoms with Gasteiger partial charge in [-0.15, -0.1) is 16.7 Å². The minimum Gasteiger partial charge on any atom is -0.497 e. The Labute approximate surface area is 110 Å². The van der Waals surface area contributed by atoms with Crippen molar-refractivity contribution in [3.8, 4) is 5.75 Å². The molecule has 2 rings (SSSR count). The van der Waals surface area contributed by atoms with E-state index in [4.69, 9.17) is 20.8 Å². The fraction of sp³-hybridized carbons (Fsp3) is 0.333. The average molecular weight is 268 g/mol. The van der Waals surface area contributed by atoms with Crippen LogP contribution < -0.4 is 10.1 Å². The number of rotatable bonds is 5. The molecule has 0 aliphatic rings. The minimum atomic E-state index is -0.287. The van der Waals surface area contributed by atoms with Gasteiger partial charge >= 0.3 is 6.01 Å². The van der Waals surface area contributed by atoms with Gasteiger partial charge in [0.2, 0.25) is 5.89 Å². The molecule has 0 saturated carbocycles. The fourth-order valence-corrected chi connectivity index (χ4v) is 1.52. The number of alkyl halides is 1. The first-order valence-corrected chi connectivity index (χ1v) is 5.97. The molecule has 0 aliphatic heterocycles. The average Bonchev–Trinajstić information content (AvgIpc) is 2.85. The van der Waals surface area contributed by atoms with Gasteiger partial charge in [-0.3, -0.25) is 0 Å². The van der Waals surface area contributed by atoms with Gasteiger partial charge in [-0.25, -0.2) is 0 Å². The summed E-state index contributed by atoms with van der Waals surface area (Å²) in [6, 6.07) is 8.10. The van der Waals surface area contributed by atoms with E-state index in [1.54, 1.807) is 14.0 Å². The largest absolute Gasteiger partial charge is 0.497 e. The number of nitrogens with zero attached hydrogens (tertiary/aromatic N) is 2. The second-order valence-electron chi connectivity index (χ2n) is 3.77. The molecule has 1 atom stereocenters. The molecule has 0 fully saturated rings. The molecule has 5 nitrogen and oxygen atoms in total. The first-order valence-electron chi connectivity index (χ1n) is 5.53. The second-order valence-corrected chi connectivity index (χ2v) is 4.42. The van der Waals surface area contributed by atoms with E-state index in [-0.39, 0.29) is 5.38 Å². The molecular formula is C12H14ClN3O2. The second kappa shape index (κ2) is 5.73. The van der Waals surface area contributed by atoms with Gasteiger partial charge in [0, 0.05) is 6.54 Å². The highest BCUT2D eigenvalue weighted by Crippen LogP contribution is 2.20. The normalized spacial score (nSPS) is 12.2. The van der Waals surface area contributed by atoms with Gasteiger partial charge in [0.15, 0.2) is 0 Å². The van der Waals surface area contributed by atoms with Crippen LogP contribution in [0.5, 0.6) is 5.75 Å². The fourth-order valence-electron chi connectivity index (χ4n) is 1.43. The number of nitrogens with one attached hydrogen (secondary N) is 1. The van der Waals surface area contributed by atoms with Crippen molar-refractivity contribution in [1.29, 1.82) is 0 Å². The molecule has 0 saturated heterocycles. The molecule has 0 radical (unpaired) electrons. The number of benzene rings is 1. The molecular weight excluding hydrogens is 254 g/mol. The lowest BCUT2D eigenvalue weighted by Crippen LogP contribution is -1.99. The Morgan fingerprint density at radius 2 is 2.28 bits per heavy atom. The summed E-state index contributed by atoms with van der Waals surface area (Å²) in [6.07, 6.45) is 0. The van der Waals surface area contributed by atoms with E-state index < -0.39 is 0 Å². The maximum absolute atomic E-state index is 5.83. The summed E-state index contributed by atoms with van der Waals surface area (Å²) in [5.74, 6) is 1.22. The zero-order valence-electron chi connectivity index (χ0n) is 10.2. The highest BCUT2D eigenvalue weighted by molar-refractivity contribution is 6.20. The van der Waals surface area contributed by atoms with Gasteiger partial charge in [-0.1, -0.05) is 17.2 Å². The highest BCUT2D eigenvalue weighted by Gasteiger charge is 2.10. The van der Waals surface area contributed by atoms with Crippen molar-refractivity contribution in [3.63, 3.8) is 0 Å². The van der Waals surface area contributed by atoms with Crippen LogP contribution in [-0.4, -0.2) is 17.3 Å². The molecule has 1 unspecified atom stereocenters. The lowest BCUT2D eigenvalue weighted by molar-refractivity contribution is 0.414. The highest BCUT2D eigenvalue weighted by atomic mass is 35.5. The smallest absolute Gasteiger partial charge is 0.315 e. The van der Waals surface area contributed by atoms with Gasteiger partial charge in [0.25, 0.3) is 0 Å². The third kappa shape index (κ3) is 3.13. The molecule has 0 aliphatic carbocycles. The Balaban J connectivity index is 1.97. The van der Waals surface area contributed by atoms with Gasteiger partial charge in [-0.2, -0.15) is 0 Å². The minimum absolute atomic E-state index is 0.287. The lowest BCUT2D eigenvalue weighted by Gasteiger charge is -2.04. The Hall–Kier alpha value is -1.75. The van der Waals surface area contributed by atoms with E-state index in [0.29, 0.717) is 18.5 Å². The molecule has 1 aromatic heterocycles. The predicted molar refractivity (Wildman–Crippen MR) is 68.9 cm³/mol. The van der Waals surface area contributed by atoms with E-state index in [9.17, 15) is 0 Å². The van der Waals surface area contributed by atoms with Crippen LogP contribution in [0.3, 0.4) is 0 Å². The van der Waals surface area contributed by atoms with E-state index in [1.165, 1.54) is 0 Å². The zero-order valence-corrected chi connectivity index (χ0v) is 10.9. The maximum atomic E-state index is 5.83. The van der Waals surface area contributed by atoms with E-state index in [2.05, 4.69) is 15.5 Å². The SMILES string of the molecule is COc1cccc(CNc2nnc(C(C)Cl)o2)c1. The molecule has 1 aromatic carbocycles. The van der Waals surface area contributed by atoms with Crippen LogP contribution in [0.25, 0.3) is 0 Å². The third-order valence-corrected chi connectivity index (χ3v) is 2.55. The number of halogens is 1. The summed E-state index contributed by atoms with van der Waals surface area (Å²) >= 11 is 5.83. The van der Waals surface area contributed by atoms with Crippen molar-refractivity contribution < 1.29 is 9.15 Å². The van der Waals surface area contributed by atoms with Crippen LogP contribution in [0.2, 0.25) is 0 Å². The van der Waals surface area contributed by atoms with Crippen LogP contribution in [-0.2, 0) is 6.54 Å². The van der Waals surface area contributed by atoms with Gasteiger partial charge in [0.1, 0.15) is 11.1 Å². The standard InChI is InChI=1S/C12H14ClN3O2/c1-8(13)11-15-16-12(18-11)14-7-9-4-3-5-10(6-9)17-2/h3-6,8H,7H2,1-2H3,(H,14,16). The van der Waals surface area contributed by atoms with Crippen molar-refractivity contribution in [2.24, 2.45) is 0 Å². The summed E-state index contributed by atoms with van der Waals surface area (Å²) in [7, 11) is 1.64. The van der Waals surface area contributed by atoms with Crippen molar-refractivity contribution in [2.75, 3.05) is 12.4 Å². The van der Waals surface area contributed by atoms with Crippen LogP contribution in [0.15, 0.2) is 28.7 Å². The Morgan fingerprint density at radius 3 is 2.94 bits per heavy atom. The Kier molecular flexibility index (Phi) is 4.04. The molecule has 2 aromatic rings. The molecule has 96 valence electrons. The molecule has 0 spiro atoms. The lowest BCUT2D eigenvalue weighted by atomic mass is 10.2. The third-order valence-electron chi connectivity index (χ3n) is 2.36. The number of methoxy groups -OCH3 is 1. The van der Waals surface area contributed by atoms with Gasteiger partial charge < -0.3 is 14.5 Å². The molecule has 6 heteroatoms. The monoisotopic (exact) mass is 267 g/mol. The number of hydrogen-bond acceptors (Lipinski definition) is 5. The summed E-state index contributed by atoms with van der Waals surface area (Å²) in [6.45, 7) is 2.36. The zero-order chi connectivity index (χ0) is 13.0. The van der Waals surface area contributed by atoms with Gasteiger partial charge in [0.05, 0.1) is 7.11 Å². The number of ether oxygens (including phenoxy) is 1. The summed E-state index contributed by atoms with van der Waals surface area (Å²) in [5.41, 5.74) is 1.06. The number of anilines is 1. The number of aromatic nitrogens is 2. The molecule has 1 N–H and O–H groups in total. The van der Waals surface area contributed by atoms with E-state index in [1.807, 2.05) is 24.3 Å². The molecule has 18 heavy (non-hydrogen) atoms.